The molecule has 0 radical (unpaired) electrons. The largest absolute Gasteiger partial charge is 0.313 e. The second-order valence-electron chi connectivity index (χ2n) is 4.11. The third-order valence-corrected chi connectivity index (χ3v) is 4.04. The van der Waals surface area contributed by atoms with Gasteiger partial charge < -0.3 is 4.90 Å². The number of likely N-dealkylation sites (N-methyl/N-ethyl adjacent to an activating group) is 1. The van der Waals surface area contributed by atoms with E-state index in [1.165, 1.54) is 4.90 Å². The Morgan fingerprint density at radius 1 is 1.38 bits per heavy atom. The number of alkyl halides is 1. The maximum atomic E-state index is 12.1. The molecule has 0 spiro atoms. The third-order valence-electron chi connectivity index (χ3n) is 3.00. The van der Waals surface area contributed by atoms with E-state index in [1.54, 1.807) is 26.1 Å². The first-order valence-corrected chi connectivity index (χ1v) is 6.04. The van der Waals surface area contributed by atoms with E-state index in [9.17, 15) is 4.79 Å². The number of anilines is 1. The van der Waals surface area contributed by atoms with Gasteiger partial charge in [0.15, 0.2) is 0 Å². The van der Waals surface area contributed by atoms with Gasteiger partial charge >= 0.3 is 0 Å². The SMILES string of the molecule is CN1C(=O)C(C)(CCl)c2cc(Cl)cc(Cl)c21. The highest BCUT2D eigenvalue weighted by molar-refractivity contribution is 6.38. The third kappa shape index (κ3) is 1.44. The zero-order chi connectivity index (χ0) is 12.1. The minimum Gasteiger partial charge on any atom is -0.313 e. The van der Waals surface area contributed by atoms with Crippen molar-refractivity contribution in [3.8, 4) is 0 Å². The van der Waals surface area contributed by atoms with Crippen molar-refractivity contribution in [2.24, 2.45) is 0 Å². The van der Waals surface area contributed by atoms with Crippen LogP contribution in [-0.2, 0) is 10.2 Å². The number of benzene rings is 1. The predicted octanol–water partition coefficient (Wildman–Crippen LogP) is 3.47. The van der Waals surface area contributed by atoms with Gasteiger partial charge in [0.2, 0.25) is 5.91 Å². The van der Waals surface area contributed by atoms with E-state index < -0.39 is 5.41 Å². The van der Waals surface area contributed by atoms with Crippen LogP contribution in [0.5, 0.6) is 0 Å². The molecule has 86 valence electrons. The second-order valence-corrected chi connectivity index (χ2v) is 5.22. The zero-order valence-electron chi connectivity index (χ0n) is 8.85. The van der Waals surface area contributed by atoms with Gasteiger partial charge in [-0.2, -0.15) is 0 Å². The van der Waals surface area contributed by atoms with Crippen molar-refractivity contribution in [2.75, 3.05) is 17.8 Å². The summed E-state index contributed by atoms with van der Waals surface area (Å²) in [4.78, 5) is 13.7. The lowest BCUT2D eigenvalue weighted by Crippen LogP contribution is -2.37. The van der Waals surface area contributed by atoms with Crippen LogP contribution < -0.4 is 4.90 Å². The minimum atomic E-state index is -0.736. The Hall–Kier alpha value is -0.440. The highest BCUT2D eigenvalue weighted by atomic mass is 35.5. The molecule has 1 atom stereocenters. The highest BCUT2D eigenvalue weighted by Crippen LogP contribution is 2.46. The summed E-state index contributed by atoms with van der Waals surface area (Å²) in [7, 11) is 1.69. The van der Waals surface area contributed by atoms with Crippen LogP contribution in [0.15, 0.2) is 12.1 Å². The normalized spacial score (nSPS) is 23.8. The molecule has 0 bridgehead atoms. The van der Waals surface area contributed by atoms with Gasteiger partial charge in [-0.25, -0.2) is 0 Å². The molecule has 1 aromatic carbocycles. The van der Waals surface area contributed by atoms with Crippen LogP contribution >= 0.6 is 34.8 Å². The van der Waals surface area contributed by atoms with Crippen LogP contribution in [0.25, 0.3) is 0 Å². The molecule has 1 aromatic rings. The number of hydrogen-bond acceptors (Lipinski definition) is 1. The maximum Gasteiger partial charge on any atom is 0.238 e. The van der Waals surface area contributed by atoms with Gasteiger partial charge in [-0.3, -0.25) is 4.79 Å². The van der Waals surface area contributed by atoms with Crippen LogP contribution in [0.1, 0.15) is 12.5 Å². The van der Waals surface area contributed by atoms with Crippen molar-refractivity contribution < 1.29 is 4.79 Å². The van der Waals surface area contributed by atoms with Crippen LogP contribution in [0, 0.1) is 0 Å². The van der Waals surface area contributed by atoms with E-state index in [0.29, 0.717) is 15.7 Å². The Morgan fingerprint density at radius 2 is 2.00 bits per heavy atom. The van der Waals surface area contributed by atoms with Gasteiger partial charge in [-0.05, 0) is 24.6 Å². The predicted molar refractivity (Wildman–Crippen MR) is 67.9 cm³/mol. The first-order valence-electron chi connectivity index (χ1n) is 4.75. The minimum absolute atomic E-state index is 0.0540. The van der Waals surface area contributed by atoms with Crippen molar-refractivity contribution in [1.29, 1.82) is 0 Å². The number of carbonyl (C=O) groups excluding carboxylic acids is 1. The molecule has 2 nitrogen and oxygen atoms in total. The van der Waals surface area contributed by atoms with Crippen molar-refractivity contribution in [3.63, 3.8) is 0 Å². The molecular weight excluding hydrogens is 268 g/mol. The number of nitrogens with zero attached hydrogens (tertiary/aromatic N) is 1. The summed E-state index contributed by atoms with van der Waals surface area (Å²) < 4.78 is 0. The van der Waals surface area contributed by atoms with Crippen LogP contribution in [0.4, 0.5) is 5.69 Å². The fourth-order valence-corrected chi connectivity index (χ4v) is 2.92. The zero-order valence-corrected chi connectivity index (χ0v) is 11.1. The molecule has 0 saturated carbocycles. The Balaban J connectivity index is 2.75. The number of amides is 1. The summed E-state index contributed by atoms with van der Waals surface area (Å²) in [6.07, 6.45) is 0. The summed E-state index contributed by atoms with van der Waals surface area (Å²) in [5, 5.41) is 0.996. The molecule has 2 rings (SSSR count). The second kappa shape index (κ2) is 3.80. The van der Waals surface area contributed by atoms with Crippen molar-refractivity contribution in [1.82, 2.24) is 0 Å². The fourth-order valence-electron chi connectivity index (χ4n) is 2.04. The summed E-state index contributed by atoms with van der Waals surface area (Å²) in [5.41, 5.74) is 0.770. The molecule has 1 amide bonds. The first-order chi connectivity index (χ1) is 7.41. The number of fused-ring (bicyclic) bond motifs is 1. The Morgan fingerprint density at radius 3 is 2.56 bits per heavy atom. The molecule has 0 N–H and O–H groups in total. The molecule has 5 heteroatoms. The van der Waals surface area contributed by atoms with Gasteiger partial charge in [0.25, 0.3) is 0 Å². The van der Waals surface area contributed by atoms with Crippen molar-refractivity contribution in [2.45, 2.75) is 12.3 Å². The first kappa shape index (κ1) is 12.0. The van der Waals surface area contributed by atoms with E-state index in [0.717, 1.165) is 5.56 Å². The molecule has 0 fully saturated rings. The monoisotopic (exact) mass is 277 g/mol. The number of hydrogen-bond donors (Lipinski definition) is 0. The quantitative estimate of drug-likeness (QED) is 0.720. The molecule has 1 aliphatic heterocycles. The Bertz CT molecular complexity index is 475. The molecule has 1 heterocycles. The smallest absolute Gasteiger partial charge is 0.238 e. The lowest BCUT2D eigenvalue weighted by molar-refractivity contribution is -0.121. The van der Waals surface area contributed by atoms with E-state index in [4.69, 9.17) is 34.8 Å². The summed E-state index contributed by atoms with van der Waals surface area (Å²) >= 11 is 18.0. The molecule has 1 aliphatic rings. The van der Waals surface area contributed by atoms with Gasteiger partial charge in [0, 0.05) is 18.0 Å². The van der Waals surface area contributed by atoms with Gasteiger partial charge in [0.1, 0.15) is 0 Å². The molecular formula is C11H10Cl3NO. The van der Waals surface area contributed by atoms with Gasteiger partial charge in [-0.1, -0.05) is 23.2 Å². The van der Waals surface area contributed by atoms with Crippen LogP contribution in [0.2, 0.25) is 10.0 Å². The summed E-state index contributed by atoms with van der Waals surface area (Å²) in [6.45, 7) is 1.80. The van der Waals surface area contributed by atoms with E-state index in [2.05, 4.69) is 0 Å². The lowest BCUT2D eigenvalue weighted by Gasteiger charge is -2.19. The van der Waals surface area contributed by atoms with E-state index in [1.807, 2.05) is 0 Å². The Labute approximate surface area is 109 Å². The average Bonchev–Trinajstić information content (AvgIpc) is 2.42. The summed E-state index contributed by atoms with van der Waals surface area (Å²) in [5.74, 6) is 0.154. The number of rotatable bonds is 1. The average molecular weight is 279 g/mol. The Kier molecular flexibility index (Phi) is 2.85. The topological polar surface area (TPSA) is 20.3 Å². The van der Waals surface area contributed by atoms with Crippen LogP contribution in [-0.4, -0.2) is 18.8 Å². The maximum absolute atomic E-state index is 12.1. The van der Waals surface area contributed by atoms with Crippen molar-refractivity contribution in [3.05, 3.63) is 27.7 Å². The van der Waals surface area contributed by atoms with Crippen molar-refractivity contribution >= 4 is 46.4 Å². The number of carbonyl (C=O) groups is 1. The molecule has 0 aliphatic carbocycles. The lowest BCUT2D eigenvalue weighted by atomic mass is 9.86. The fraction of sp³-hybridized carbons (Fsp3) is 0.364. The van der Waals surface area contributed by atoms with Gasteiger partial charge in [-0.15, -0.1) is 11.6 Å². The highest BCUT2D eigenvalue weighted by Gasteiger charge is 2.46. The molecule has 0 saturated heterocycles. The van der Waals surface area contributed by atoms with Crippen LogP contribution in [0.3, 0.4) is 0 Å². The van der Waals surface area contributed by atoms with E-state index in [-0.39, 0.29) is 11.8 Å². The molecule has 1 unspecified atom stereocenters. The van der Waals surface area contributed by atoms with Gasteiger partial charge in [0.05, 0.1) is 16.1 Å². The molecule has 0 aromatic heterocycles. The molecule has 16 heavy (non-hydrogen) atoms. The summed E-state index contributed by atoms with van der Waals surface area (Å²) in [6, 6.07) is 3.39. The standard InChI is InChI=1S/C11H10Cl3NO/c1-11(5-12)7-3-6(13)4-8(14)9(7)15(2)10(11)16/h3-4H,5H2,1-2H3. The van der Waals surface area contributed by atoms with E-state index >= 15 is 0 Å². The number of halogens is 3.